The minimum absolute atomic E-state index is 0.0174. The van der Waals surface area contributed by atoms with Crippen molar-refractivity contribution in [2.75, 3.05) is 18.2 Å². The van der Waals surface area contributed by atoms with E-state index in [1.54, 1.807) is 29.6 Å². The predicted molar refractivity (Wildman–Crippen MR) is 120 cm³/mol. The minimum Gasteiger partial charge on any atom is -0.312 e. The Balaban J connectivity index is 1.76. The molecule has 1 aromatic heterocycles. The van der Waals surface area contributed by atoms with E-state index >= 15 is 0 Å². The Morgan fingerprint density at radius 1 is 1.03 bits per heavy atom. The molecule has 5 rings (SSSR count). The van der Waals surface area contributed by atoms with Gasteiger partial charge in [-0.05, 0) is 29.7 Å². The summed E-state index contributed by atoms with van der Waals surface area (Å²) in [6.45, 7) is 0.861. The maximum Gasteiger partial charge on any atom is 0.274 e. The third kappa shape index (κ3) is 3.39. The molecule has 0 saturated carbocycles. The first-order valence-corrected chi connectivity index (χ1v) is 11.3. The van der Waals surface area contributed by atoms with Gasteiger partial charge in [0.25, 0.3) is 12.3 Å². The lowest BCUT2D eigenvalue weighted by Crippen LogP contribution is -2.56. The quantitative estimate of drug-likeness (QED) is 0.597. The van der Waals surface area contributed by atoms with E-state index in [0.29, 0.717) is 0 Å². The average molecular weight is 454 g/mol. The van der Waals surface area contributed by atoms with Gasteiger partial charge in [0, 0.05) is 28.5 Å². The van der Waals surface area contributed by atoms with Crippen molar-refractivity contribution in [1.82, 2.24) is 9.58 Å². The third-order valence-electron chi connectivity index (χ3n) is 6.01. The first-order chi connectivity index (χ1) is 15.5. The number of alkyl halides is 2. The van der Waals surface area contributed by atoms with Crippen LogP contribution in [0.5, 0.6) is 0 Å². The molecule has 0 N–H and O–H groups in total. The molecule has 164 valence electrons. The Labute approximate surface area is 188 Å². The molecule has 3 aromatic rings. The van der Waals surface area contributed by atoms with E-state index in [0.717, 1.165) is 32.2 Å². The Hall–Kier alpha value is -3.13. The van der Waals surface area contributed by atoms with E-state index in [9.17, 15) is 18.4 Å². The topological polar surface area (TPSA) is 45.6 Å². The number of halogens is 2. The molecule has 0 aliphatic carbocycles. The van der Waals surface area contributed by atoms with E-state index in [4.69, 9.17) is 0 Å². The van der Waals surface area contributed by atoms with Crippen LogP contribution < -0.4 is 10.4 Å². The molecule has 2 aliphatic rings. The first-order valence-electron chi connectivity index (χ1n) is 10.3. The van der Waals surface area contributed by atoms with Crippen molar-refractivity contribution in [2.24, 2.45) is 0 Å². The second-order valence-corrected chi connectivity index (χ2v) is 8.94. The molecule has 0 radical (unpaired) electrons. The lowest BCUT2D eigenvalue weighted by molar-refractivity contribution is 0.0473. The third-order valence-corrected chi connectivity index (χ3v) is 7.14. The van der Waals surface area contributed by atoms with Crippen LogP contribution >= 0.6 is 11.8 Å². The van der Waals surface area contributed by atoms with Gasteiger partial charge in [0.05, 0.1) is 12.6 Å². The molecule has 5 nitrogen and oxygen atoms in total. The van der Waals surface area contributed by atoms with Crippen LogP contribution in [0.15, 0.2) is 70.5 Å². The normalized spacial score (nSPS) is 17.6. The summed E-state index contributed by atoms with van der Waals surface area (Å²) in [6.07, 6.45) is -1.10. The number of aromatic nitrogens is 1. The molecule has 8 heteroatoms. The summed E-state index contributed by atoms with van der Waals surface area (Å²) in [6, 6.07) is 17.2. The molecule has 1 unspecified atom stereocenters. The highest BCUT2D eigenvalue weighted by Crippen LogP contribution is 2.42. The van der Waals surface area contributed by atoms with Gasteiger partial charge in [0.2, 0.25) is 0 Å². The standard InChI is InChI=1S/C24H21F2N3O2S/c1-15-19(30)10-11-28-22(15)24(31)27(12-21(25)26)14-29(28)23-17-7-3-2-6-16(17)13-32-20-9-5-4-8-18(20)23/h2-11,21,23H,12-14H2,1H3. The summed E-state index contributed by atoms with van der Waals surface area (Å²) in [5, 5.41) is 1.91. The molecule has 0 fully saturated rings. The van der Waals surface area contributed by atoms with Crippen LogP contribution in [0.2, 0.25) is 0 Å². The highest BCUT2D eigenvalue weighted by atomic mass is 32.2. The second kappa shape index (κ2) is 8.09. The highest BCUT2D eigenvalue weighted by Gasteiger charge is 2.38. The molecular formula is C24H21F2N3O2S. The molecule has 3 heterocycles. The van der Waals surface area contributed by atoms with Crippen molar-refractivity contribution in [3.63, 3.8) is 0 Å². The molecule has 2 aliphatic heterocycles. The second-order valence-electron chi connectivity index (χ2n) is 7.93. The maximum atomic E-state index is 13.4. The van der Waals surface area contributed by atoms with Gasteiger partial charge in [-0.25, -0.2) is 8.78 Å². The zero-order valence-corrected chi connectivity index (χ0v) is 18.2. The van der Waals surface area contributed by atoms with Crippen LogP contribution in [-0.2, 0) is 5.75 Å². The first kappa shape index (κ1) is 20.8. The van der Waals surface area contributed by atoms with Gasteiger partial charge in [-0.3, -0.25) is 19.3 Å². The van der Waals surface area contributed by atoms with Gasteiger partial charge in [-0.15, -0.1) is 11.8 Å². The van der Waals surface area contributed by atoms with Gasteiger partial charge in [0.15, 0.2) is 5.43 Å². The smallest absolute Gasteiger partial charge is 0.274 e. The van der Waals surface area contributed by atoms with E-state index in [1.165, 1.54) is 6.07 Å². The van der Waals surface area contributed by atoms with Crippen LogP contribution in [0.3, 0.4) is 0 Å². The van der Waals surface area contributed by atoms with Crippen molar-refractivity contribution < 1.29 is 13.6 Å². The lowest BCUT2D eigenvalue weighted by atomic mass is 9.94. The van der Waals surface area contributed by atoms with Gasteiger partial charge >= 0.3 is 0 Å². The van der Waals surface area contributed by atoms with Gasteiger partial charge in [-0.1, -0.05) is 42.5 Å². The molecule has 0 spiro atoms. The SMILES string of the molecule is Cc1c2n(ccc1=O)N(C1c3ccccc3CSc3ccccc31)CN(CC(F)F)C2=O. The summed E-state index contributed by atoms with van der Waals surface area (Å²) in [4.78, 5) is 27.7. The number of benzene rings is 2. The maximum absolute atomic E-state index is 13.4. The van der Waals surface area contributed by atoms with Gasteiger partial charge < -0.3 is 4.90 Å². The van der Waals surface area contributed by atoms with E-state index < -0.39 is 18.9 Å². The Bertz CT molecular complexity index is 1210. The Morgan fingerprint density at radius 2 is 1.75 bits per heavy atom. The fourth-order valence-electron chi connectivity index (χ4n) is 4.48. The zero-order chi connectivity index (χ0) is 22.4. The number of thioether (sulfide) groups is 1. The summed E-state index contributed by atoms with van der Waals surface area (Å²) in [5.41, 5.74) is 3.34. The number of amides is 1. The van der Waals surface area contributed by atoms with Crippen molar-refractivity contribution in [3.05, 3.63) is 99.0 Å². The molecule has 1 atom stereocenters. The largest absolute Gasteiger partial charge is 0.312 e. The van der Waals surface area contributed by atoms with Crippen LogP contribution in [0.25, 0.3) is 0 Å². The van der Waals surface area contributed by atoms with Crippen molar-refractivity contribution >= 4 is 17.7 Å². The fourth-order valence-corrected chi connectivity index (χ4v) is 5.58. The number of rotatable bonds is 3. The number of carbonyl (C=O) groups is 1. The Morgan fingerprint density at radius 3 is 2.53 bits per heavy atom. The van der Waals surface area contributed by atoms with Crippen LogP contribution in [-0.4, -0.2) is 35.1 Å². The predicted octanol–water partition coefficient (Wildman–Crippen LogP) is 4.17. The molecule has 0 saturated heterocycles. The minimum atomic E-state index is -2.67. The number of fused-ring (bicyclic) bond motifs is 3. The zero-order valence-electron chi connectivity index (χ0n) is 17.4. The fraction of sp³-hybridized carbons (Fsp3) is 0.250. The molecular weight excluding hydrogens is 432 g/mol. The molecule has 32 heavy (non-hydrogen) atoms. The lowest BCUT2D eigenvalue weighted by Gasteiger charge is -2.44. The average Bonchev–Trinajstić information content (AvgIpc) is 2.94. The molecule has 2 aromatic carbocycles. The summed E-state index contributed by atoms with van der Waals surface area (Å²) < 4.78 is 28.4. The van der Waals surface area contributed by atoms with Crippen LogP contribution in [0.4, 0.5) is 8.78 Å². The van der Waals surface area contributed by atoms with E-state index in [-0.39, 0.29) is 29.4 Å². The molecule has 0 bridgehead atoms. The van der Waals surface area contributed by atoms with E-state index in [1.807, 2.05) is 41.4 Å². The summed E-state index contributed by atoms with van der Waals surface area (Å²) >= 11 is 1.73. The van der Waals surface area contributed by atoms with E-state index in [2.05, 4.69) is 12.1 Å². The van der Waals surface area contributed by atoms with Gasteiger partial charge in [-0.2, -0.15) is 0 Å². The number of hydrogen-bond acceptors (Lipinski definition) is 4. The monoisotopic (exact) mass is 453 g/mol. The highest BCUT2D eigenvalue weighted by molar-refractivity contribution is 7.98. The Kier molecular flexibility index (Phi) is 5.25. The summed E-state index contributed by atoms with van der Waals surface area (Å²) in [7, 11) is 0. The number of carbonyl (C=O) groups excluding carboxylic acids is 1. The van der Waals surface area contributed by atoms with Crippen molar-refractivity contribution in [1.29, 1.82) is 0 Å². The van der Waals surface area contributed by atoms with Crippen molar-refractivity contribution in [3.8, 4) is 0 Å². The molecule has 1 amide bonds. The van der Waals surface area contributed by atoms with Crippen molar-refractivity contribution in [2.45, 2.75) is 30.0 Å². The van der Waals surface area contributed by atoms with Gasteiger partial charge in [0.1, 0.15) is 12.4 Å². The number of hydrogen-bond donors (Lipinski definition) is 0. The van der Waals surface area contributed by atoms with Crippen LogP contribution in [0.1, 0.15) is 38.8 Å². The summed E-state index contributed by atoms with van der Waals surface area (Å²) in [5.74, 6) is 0.231. The number of nitrogens with zero attached hydrogens (tertiary/aromatic N) is 3. The van der Waals surface area contributed by atoms with Crippen LogP contribution in [0, 0.1) is 6.92 Å². The number of pyridine rings is 1.